The van der Waals surface area contributed by atoms with Gasteiger partial charge in [0.1, 0.15) is 11.8 Å². The molecule has 19 heavy (non-hydrogen) atoms. The third kappa shape index (κ3) is 2.39. The Balaban J connectivity index is 1.78. The number of nitrogens with one attached hydrogen (secondary N) is 1. The van der Waals surface area contributed by atoms with Crippen LogP contribution in [0, 0.1) is 17.2 Å². The van der Waals surface area contributed by atoms with Gasteiger partial charge in [-0.1, -0.05) is 24.9 Å². The minimum atomic E-state index is 0.416. The standard InChI is InChI=1S/C14H16N4O/c1-9-2-4-11(5-3-9)13-17-14(19-18-13)12-6-10(7-15)8-16-12/h6,8-9,11,16H,2-5H2,1H3. The van der Waals surface area contributed by atoms with E-state index in [2.05, 4.69) is 28.1 Å². The fraction of sp³-hybridized carbons (Fsp3) is 0.500. The highest BCUT2D eigenvalue weighted by Gasteiger charge is 2.24. The zero-order valence-corrected chi connectivity index (χ0v) is 10.9. The fourth-order valence-electron chi connectivity index (χ4n) is 2.61. The van der Waals surface area contributed by atoms with Gasteiger partial charge in [-0.3, -0.25) is 0 Å². The first kappa shape index (κ1) is 12.0. The van der Waals surface area contributed by atoms with Crippen molar-refractivity contribution in [3.05, 3.63) is 23.7 Å². The molecule has 0 amide bonds. The van der Waals surface area contributed by atoms with Crippen molar-refractivity contribution in [1.82, 2.24) is 15.1 Å². The minimum absolute atomic E-state index is 0.416. The molecule has 2 aromatic rings. The molecule has 1 aliphatic carbocycles. The van der Waals surface area contributed by atoms with Crippen molar-refractivity contribution in [3.63, 3.8) is 0 Å². The molecule has 0 bridgehead atoms. The molecule has 0 spiro atoms. The molecule has 0 unspecified atom stereocenters. The highest BCUT2D eigenvalue weighted by atomic mass is 16.5. The van der Waals surface area contributed by atoms with E-state index in [1.807, 2.05) is 0 Å². The van der Waals surface area contributed by atoms with Gasteiger partial charge in [0.05, 0.1) is 5.56 Å². The highest BCUT2D eigenvalue weighted by molar-refractivity contribution is 5.51. The normalized spacial score (nSPS) is 23.2. The number of hydrogen-bond donors (Lipinski definition) is 1. The molecule has 2 aromatic heterocycles. The Hall–Kier alpha value is -2.09. The lowest BCUT2D eigenvalue weighted by atomic mass is 9.83. The van der Waals surface area contributed by atoms with Crippen LogP contribution in [0.2, 0.25) is 0 Å². The smallest absolute Gasteiger partial charge is 0.274 e. The summed E-state index contributed by atoms with van der Waals surface area (Å²) in [6.07, 6.45) is 6.37. The van der Waals surface area contributed by atoms with Crippen molar-refractivity contribution in [3.8, 4) is 17.7 Å². The van der Waals surface area contributed by atoms with Crippen LogP contribution in [-0.2, 0) is 0 Å². The molecule has 98 valence electrons. The summed E-state index contributed by atoms with van der Waals surface area (Å²) in [5.74, 6) is 2.49. The molecular formula is C14H16N4O. The Kier molecular flexibility index (Phi) is 3.08. The summed E-state index contributed by atoms with van der Waals surface area (Å²) in [7, 11) is 0. The Morgan fingerprint density at radius 1 is 1.37 bits per heavy atom. The Morgan fingerprint density at radius 2 is 2.16 bits per heavy atom. The molecular weight excluding hydrogens is 240 g/mol. The maximum atomic E-state index is 8.80. The summed E-state index contributed by atoms with van der Waals surface area (Å²) in [6, 6.07) is 3.79. The predicted molar refractivity (Wildman–Crippen MR) is 69.2 cm³/mol. The third-order valence-corrected chi connectivity index (χ3v) is 3.87. The summed E-state index contributed by atoms with van der Waals surface area (Å²) in [6.45, 7) is 2.29. The van der Waals surface area contributed by atoms with E-state index >= 15 is 0 Å². The summed E-state index contributed by atoms with van der Waals surface area (Å²) >= 11 is 0. The molecule has 5 heteroatoms. The molecule has 0 saturated heterocycles. The number of aromatic amines is 1. The van der Waals surface area contributed by atoms with Gasteiger partial charge in [-0.15, -0.1) is 0 Å². The molecule has 1 saturated carbocycles. The van der Waals surface area contributed by atoms with E-state index in [0.717, 1.165) is 24.6 Å². The Morgan fingerprint density at radius 3 is 2.84 bits per heavy atom. The summed E-state index contributed by atoms with van der Waals surface area (Å²) in [4.78, 5) is 7.44. The quantitative estimate of drug-likeness (QED) is 0.894. The molecule has 3 rings (SSSR count). The van der Waals surface area contributed by atoms with Crippen molar-refractivity contribution >= 4 is 0 Å². The number of nitriles is 1. The lowest BCUT2D eigenvalue weighted by Gasteiger charge is -2.23. The molecule has 0 aromatic carbocycles. The van der Waals surface area contributed by atoms with Crippen molar-refractivity contribution in [1.29, 1.82) is 5.26 Å². The average molecular weight is 256 g/mol. The van der Waals surface area contributed by atoms with Crippen molar-refractivity contribution in [2.75, 3.05) is 0 Å². The highest BCUT2D eigenvalue weighted by Crippen LogP contribution is 2.34. The first-order valence-electron chi connectivity index (χ1n) is 6.68. The van der Waals surface area contributed by atoms with Gasteiger partial charge in [0.15, 0.2) is 5.82 Å². The van der Waals surface area contributed by atoms with Crippen LogP contribution in [0.4, 0.5) is 0 Å². The summed E-state index contributed by atoms with van der Waals surface area (Å²) in [5, 5.41) is 12.9. The van der Waals surface area contributed by atoms with Crippen LogP contribution < -0.4 is 0 Å². The van der Waals surface area contributed by atoms with Crippen LogP contribution in [0.1, 0.15) is 49.9 Å². The first-order chi connectivity index (χ1) is 9.26. The maximum Gasteiger partial charge on any atom is 0.274 e. The van der Waals surface area contributed by atoms with Crippen LogP contribution in [0.3, 0.4) is 0 Å². The largest absolute Gasteiger partial charge is 0.356 e. The molecule has 0 aliphatic heterocycles. The van der Waals surface area contributed by atoms with Crippen LogP contribution in [-0.4, -0.2) is 15.1 Å². The van der Waals surface area contributed by atoms with Crippen LogP contribution >= 0.6 is 0 Å². The van der Waals surface area contributed by atoms with Gasteiger partial charge in [-0.2, -0.15) is 10.2 Å². The zero-order chi connectivity index (χ0) is 13.2. The molecule has 0 radical (unpaired) electrons. The van der Waals surface area contributed by atoms with Crippen molar-refractivity contribution < 1.29 is 4.52 Å². The summed E-state index contributed by atoms with van der Waals surface area (Å²) < 4.78 is 5.29. The van der Waals surface area contributed by atoms with Gasteiger partial charge >= 0.3 is 0 Å². The monoisotopic (exact) mass is 256 g/mol. The fourth-order valence-corrected chi connectivity index (χ4v) is 2.61. The topological polar surface area (TPSA) is 78.5 Å². The average Bonchev–Trinajstić information content (AvgIpc) is 3.08. The van der Waals surface area contributed by atoms with Crippen LogP contribution in [0.25, 0.3) is 11.6 Å². The lowest BCUT2D eigenvalue weighted by Crippen LogP contribution is -2.11. The second-order valence-electron chi connectivity index (χ2n) is 5.33. The number of hydrogen-bond acceptors (Lipinski definition) is 4. The van der Waals surface area contributed by atoms with Crippen molar-refractivity contribution in [2.45, 2.75) is 38.5 Å². The lowest BCUT2D eigenvalue weighted by molar-refractivity contribution is 0.329. The van der Waals surface area contributed by atoms with E-state index in [1.165, 1.54) is 12.8 Å². The van der Waals surface area contributed by atoms with Crippen molar-refractivity contribution in [2.24, 2.45) is 5.92 Å². The van der Waals surface area contributed by atoms with Crippen LogP contribution in [0.15, 0.2) is 16.8 Å². The third-order valence-electron chi connectivity index (χ3n) is 3.87. The van der Waals surface area contributed by atoms with Gasteiger partial charge < -0.3 is 9.51 Å². The van der Waals surface area contributed by atoms with E-state index < -0.39 is 0 Å². The van der Waals surface area contributed by atoms with E-state index in [4.69, 9.17) is 9.78 Å². The van der Waals surface area contributed by atoms with Crippen LogP contribution in [0.5, 0.6) is 0 Å². The second-order valence-corrected chi connectivity index (χ2v) is 5.33. The predicted octanol–water partition coefficient (Wildman–Crippen LogP) is 3.23. The SMILES string of the molecule is CC1CCC(c2noc(-c3cc(C#N)c[nH]3)n2)CC1. The van der Waals surface area contributed by atoms with E-state index in [0.29, 0.717) is 23.1 Å². The van der Waals surface area contributed by atoms with Gasteiger partial charge in [0.25, 0.3) is 5.89 Å². The summed E-state index contributed by atoms with van der Waals surface area (Å²) in [5.41, 5.74) is 1.28. The molecule has 5 nitrogen and oxygen atoms in total. The molecule has 1 aliphatic rings. The van der Waals surface area contributed by atoms with E-state index in [-0.39, 0.29) is 0 Å². The van der Waals surface area contributed by atoms with E-state index in [9.17, 15) is 0 Å². The number of rotatable bonds is 2. The second kappa shape index (κ2) is 4.88. The molecule has 0 atom stereocenters. The number of H-pyrrole nitrogens is 1. The van der Waals surface area contributed by atoms with Gasteiger partial charge in [0, 0.05) is 12.1 Å². The first-order valence-corrected chi connectivity index (χ1v) is 6.68. The number of aromatic nitrogens is 3. The molecule has 1 N–H and O–H groups in total. The maximum absolute atomic E-state index is 8.80. The zero-order valence-electron chi connectivity index (χ0n) is 10.9. The Bertz CT molecular complexity index is 599. The Labute approximate surface area is 111 Å². The van der Waals surface area contributed by atoms with Gasteiger partial charge in [-0.25, -0.2) is 0 Å². The van der Waals surface area contributed by atoms with E-state index in [1.54, 1.807) is 12.3 Å². The molecule has 2 heterocycles. The number of nitrogens with zero attached hydrogens (tertiary/aromatic N) is 3. The minimum Gasteiger partial charge on any atom is -0.356 e. The van der Waals surface area contributed by atoms with Gasteiger partial charge in [0.2, 0.25) is 0 Å². The molecule has 1 fully saturated rings. The van der Waals surface area contributed by atoms with Gasteiger partial charge in [-0.05, 0) is 24.8 Å².